The van der Waals surface area contributed by atoms with E-state index in [0.717, 1.165) is 25.8 Å². The minimum atomic E-state index is 0.274. The van der Waals surface area contributed by atoms with E-state index in [-0.39, 0.29) is 17.2 Å². The molecule has 0 spiro atoms. The molecule has 1 amide bonds. The second-order valence-electron chi connectivity index (χ2n) is 5.64. The zero-order valence-electron chi connectivity index (χ0n) is 10.6. The van der Waals surface area contributed by atoms with Crippen molar-refractivity contribution in [2.75, 3.05) is 6.54 Å². The van der Waals surface area contributed by atoms with E-state index >= 15 is 0 Å². The molecule has 0 heterocycles. The third-order valence-corrected chi connectivity index (χ3v) is 4.91. The van der Waals surface area contributed by atoms with Crippen LogP contribution in [0.2, 0.25) is 0 Å². The fourth-order valence-electron chi connectivity index (χ4n) is 3.13. The van der Waals surface area contributed by atoms with Crippen molar-refractivity contribution in [3.05, 3.63) is 0 Å². The molecule has 2 aliphatic rings. The van der Waals surface area contributed by atoms with Crippen LogP contribution in [0, 0.1) is 11.8 Å². The van der Waals surface area contributed by atoms with Gasteiger partial charge in [-0.25, -0.2) is 0 Å². The van der Waals surface area contributed by atoms with Gasteiger partial charge in [0.2, 0.25) is 5.91 Å². The molecule has 2 unspecified atom stereocenters. The summed E-state index contributed by atoms with van der Waals surface area (Å²) >= 11 is 6.30. The van der Waals surface area contributed by atoms with Crippen LogP contribution in [0.15, 0.2) is 0 Å². The lowest BCUT2D eigenvalue weighted by Gasteiger charge is -2.28. The van der Waals surface area contributed by atoms with Gasteiger partial charge in [0.25, 0.3) is 0 Å². The van der Waals surface area contributed by atoms with E-state index in [1.54, 1.807) is 0 Å². The van der Waals surface area contributed by atoms with Crippen molar-refractivity contribution >= 4 is 17.5 Å². The van der Waals surface area contributed by atoms with Crippen LogP contribution >= 0.6 is 11.6 Å². The normalized spacial score (nSPS) is 31.1. The van der Waals surface area contributed by atoms with Crippen molar-refractivity contribution in [2.45, 2.75) is 63.2 Å². The van der Waals surface area contributed by atoms with Crippen LogP contribution in [0.25, 0.3) is 0 Å². The van der Waals surface area contributed by atoms with Gasteiger partial charge in [-0.05, 0) is 31.6 Å². The predicted octanol–water partition coefficient (Wildman–Crippen LogP) is 3.48. The van der Waals surface area contributed by atoms with Crippen LogP contribution in [-0.2, 0) is 4.79 Å². The first-order valence-electron chi connectivity index (χ1n) is 7.19. The van der Waals surface area contributed by atoms with Crippen molar-refractivity contribution < 1.29 is 4.79 Å². The Morgan fingerprint density at radius 2 is 1.65 bits per heavy atom. The lowest BCUT2D eigenvalue weighted by molar-refractivity contribution is -0.126. The molecule has 0 bridgehead atoms. The third-order valence-electron chi connectivity index (χ3n) is 4.33. The minimum absolute atomic E-state index is 0.274. The van der Waals surface area contributed by atoms with Gasteiger partial charge in [-0.3, -0.25) is 4.79 Å². The molecule has 0 aromatic carbocycles. The minimum Gasteiger partial charge on any atom is -0.356 e. The Morgan fingerprint density at radius 1 is 1.00 bits per heavy atom. The zero-order valence-corrected chi connectivity index (χ0v) is 11.3. The Bertz CT molecular complexity index is 251. The maximum Gasteiger partial charge on any atom is 0.223 e. The first-order chi connectivity index (χ1) is 8.27. The first kappa shape index (κ1) is 13.2. The molecule has 1 N–H and O–H groups in total. The Kier molecular flexibility index (Phi) is 5.15. The number of halogens is 1. The fourth-order valence-corrected chi connectivity index (χ4v) is 3.50. The summed E-state index contributed by atoms with van der Waals surface area (Å²) < 4.78 is 0. The van der Waals surface area contributed by atoms with Crippen molar-refractivity contribution in [3.8, 4) is 0 Å². The van der Waals surface area contributed by atoms with Crippen LogP contribution < -0.4 is 5.32 Å². The predicted molar refractivity (Wildman–Crippen MR) is 71.2 cm³/mol. The number of carbonyl (C=O) groups excluding carboxylic acids is 1. The molecule has 0 aromatic rings. The monoisotopic (exact) mass is 257 g/mol. The summed E-state index contributed by atoms with van der Waals surface area (Å²) in [5.74, 6) is 1.05. The highest BCUT2D eigenvalue weighted by Gasteiger charge is 2.25. The lowest BCUT2D eigenvalue weighted by atomic mass is 9.87. The van der Waals surface area contributed by atoms with Gasteiger partial charge < -0.3 is 5.32 Å². The molecule has 0 aromatic heterocycles. The summed E-state index contributed by atoms with van der Waals surface area (Å²) in [5, 5.41) is 3.40. The smallest absolute Gasteiger partial charge is 0.223 e. The number of hydrogen-bond acceptors (Lipinski definition) is 1. The van der Waals surface area contributed by atoms with Crippen LogP contribution in [-0.4, -0.2) is 17.8 Å². The molecule has 2 nitrogen and oxygen atoms in total. The van der Waals surface area contributed by atoms with Crippen LogP contribution in [0.4, 0.5) is 0 Å². The summed E-state index contributed by atoms with van der Waals surface area (Å²) in [6, 6.07) is 0. The molecule has 2 aliphatic carbocycles. The van der Waals surface area contributed by atoms with Crippen molar-refractivity contribution in [3.63, 3.8) is 0 Å². The van der Waals surface area contributed by atoms with E-state index in [0.29, 0.717) is 5.92 Å². The summed E-state index contributed by atoms with van der Waals surface area (Å²) in [7, 11) is 0. The van der Waals surface area contributed by atoms with Crippen molar-refractivity contribution in [1.82, 2.24) is 5.32 Å². The molecule has 0 aliphatic heterocycles. The number of carbonyl (C=O) groups is 1. The Balaban J connectivity index is 1.71. The van der Waals surface area contributed by atoms with Crippen molar-refractivity contribution in [1.29, 1.82) is 0 Å². The van der Waals surface area contributed by atoms with Gasteiger partial charge in [0, 0.05) is 17.8 Å². The largest absolute Gasteiger partial charge is 0.356 e. The van der Waals surface area contributed by atoms with Crippen LogP contribution in [0.1, 0.15) is 57.8 Å². The Hall–Kier alpha value is -0.240. The molecule has 98 valence electrons. The van der Waals surface area contributed by atoms with Gasteiger partial charge in [-0.1, -0.05) is 32.1 Å². The number of nitrogens with one attached hydrogen (secondary N) is 1. The SMILES string of the molecule is O=C(NCC1CCCCC1Cl)C1CCCCC1. The van der Waals surface area contributed by atoms with Gasteiger partial charge in [-0.2, -0.15) is 0 Å². The zero-order chi connectivity index (χ0) is 12.1. The Labute approximate surface area is 109 Å². The Morgan fingerprint density at radius 3 is 2.35 bits per heavy atom. The molecule has 2 fully saturated rings. The molecule has 17 heavy (non-hydrogen) atoms. The molecule has 2 atom stereocenters. The van der Waals surface area contributed by atoms with Crippen molar-refractivity contribution in [2.24, 2.45) is 11.8 Å². The lowest BCUT2D eigenvalue weighted by Crippen LogP contribution is -2.38. The molecule has 2 rings (SSSR count). The topological polar surface area (TPSA) is 29.1 Å². The van der Waals surface area contributed by atoms with E-state index in [4.69, 9.17) is 11.6 Å². The molecular weight excluding hydrogens is 234 g/mol. The third kappa shape index (κ3) is 3.87. The van der Waals surface area contributed by atoms with Gasteiger partial charge in [0.15, 0.2) is 0 Å². The second-order valence-corrected chi connectivity index (χ2v) is 6.20. The van der Waals surface area contributed by atoms with E-state index in [2.05, 4.69) is 5.32 Å². The molecular formula is C14H24ClNO. The molecule has 0 saturated heterocycles. The second kappa shape index (κ2) is 6.63. The summed E-state index contributed by atoms with van der Waals surface area (Å²) in [4.78, 5) is 12.0. The van der Waals surface area contributed by atoms with Gasteiger partial charge in [0.1, 0.15) is 0 Å². The standard InChI is InChI=1S/C14H24ClNO/c15-13-9-5-4-8-12(13)10-16-14(17)11-6-2-1-3-7-11/h11-13H,1-10H2,(H,16,17). The molecule has 0 radical (unpaired) electrons. The van der Waals surface area contributed by atoms with E-state index in [1.165, 1.54) is 38.5 Å². The number of alkyl halides is 1. The van der Waals surface area contributed by atoms with Crippen LogP contribution in [0.3, 0.4) is 0 Å². The van der Waals surface area contributed by atoms with E-state index in [1.807, 2.05) is 0 Å². The maximum atomic E-state index is 12.0. The highest BCUT2D eigenvalue weighted by molar-refractivity contribution is 6.20. The van der Waals surface area contributed by atoms with Gasteiger partial charge in [-0.15, -0.1) is 11.6 Å². The summed E-state index contributed by atoms with van der Waals surface area (Å²) in [5.41, 5.74) is 0. The average molecular weight is 258 g/mol. The van der Waals surface area contributed by atoms with E-state index in [9.17, 15) is 4.79 Å². The van der Waals surface area contributed by atoms with E-state index < -0.39 is 0 Å². The summed E-state index contributed by atoms with van der Waals surface area (Å²) in [6.45, 7) is 0.795. The molecule has 2 saturated carbocycles. The maximum absolute atomic E-state index is 12.0. The highest BCUT2D eigenvalue weighted by atomic mass is 35.5. The number of hydrogen-bond donors (Lipinski definition) is 1. The number of amides is 1. The first-order valence-corrected chi connectivity index (χ1v) is 7.63. The van der Waals surface area contributed by atoms with Gasteiger partial charge in [0.05, 0.1) is 0 Å². The fraction of sp³-hybridized carbons (Fsp3) is 0.929. The molecule has 3 heteroatoms. The number of rotatable bonds is 3. The van der Waals surface area contributed by atoms with Gasteiger partial charge >= 0.3 is 0 Å². The average Bonchev–Trinajstić information content (AvgIpc) is 2.38. The quantitative estimate of drug-likeness (QED) is 0.771. The highest BCUT2D eigenvalue weighted by Crippen LogP contribution is 2.28. The van der Waals surface area contributed by atoms with Crippen LogP contribution in [0.5, 0.6) is 0 Å². The summed E-state index contributed by atoms with van der Waals surface area (Å²) in [6.07, 6.45) is 10.7.